The van der Waals surface area contributed by atoms with Crippen molar-refractivity contribution in [1.29, 1.82) is 0 Å². The Morgan fingerprint density at radius 3 is 1.95 bits per heavy atom. The van der Waals surface area contributed by atoms with E-state index in [4.69, 9.17) is 0 Å². The number of rotatable bonds is 2. The third kappa shape index (κ3) is 2.60. The highest BCUT2D eigenvalue weighted by Gasteiger charge is 2.37. The van der Waals surface area contributed by atoms with Gasteiger partial charge in [-0.3, -0.25) is 0 Å². The van der Waals surface area contributed by atoms with Crippen molar-refractivity contribution in [2.45, 2.75) is 64.9 Å². The van der Waals surface area contributed by atoms with E-state index in [1.54, 1.807) is 0 Å². The summed E-state index contributed by atoms with van der Waals surface area (Å²) >= 11 is 0. The van der Waals surface area contributed by atoms with Gasteiger partial charge in [0.15, 0.2) is 0 Å². The normalized spacial score (nSPS) is 20.2. The molecule has 0 spiro atoms. The SMILES string of the molecule is Cc1cc2c(cc1OC(F)F)C(C)(C)CCC2(C)C. The van der Waals surface area contributed by atoms with Crippen LogP contribution in [0, 0.1) is 6.92 Å². The first-order valence-corrected chi connectivity index (χ1v) is 6.74. The van der Waals surface area contributed by atoms with Crippen LogP contribution in [0.25, 0.3) is 0 Å². The number of alkyl halides is 2. The van der Waals surface area contributed by atoms with E-state index >= 15 is 0 Å². The maximum Gasteiger partial charge on any atom is 0.387 e. The third-order valence-electron chi connectivity index (χ3n) is 4.36. The second kappa shape index (κ2) is 4.46. The molecule has 1 aromatic carbocycles. The Labute approximate surface area is 114 Å². The molecular weight excluding hydrogens is 246 g/mol. The smallest absolute Gasteiger partial charge is 0.387 e. The Kier molecular flexibility index (Phi) is 3.36. The van der Waals surface area contributed by atoms with Crippen molar-refractivity contribution < 1.29 is 13.5 Å². The van der Waals surface area contributed by atoms with Crippen LogP contribution in [-0.2, 0) is 10.8 Å². The lowest BCUT2D eigenvalue weighted by Gasteiger charge is -2.42. The Balaban J connectivity index is 2.58. The fraction of sp³-hybridized carbons (Fsp3) is 0.625. The predicted molar refractivity (Wildman–Crippen MR) is 73.1 cm³/mol. The van der Waals surface area contributed by atoms with Crippen molar-refractivity contribution in [3.05, 3.63) is 28.8 Å². The number of hydrogen-bond acceptors (Lipinski definition) is 1. The summed E-state index contributed by atoms with van der Waals surface area (Å²) in [5, 5.41) is 0. The highest BCUT2D eigenvalue weighted by molar-refractivity contribution is 5.49. The van der Waals surface area contributed by atoms with Crippen molar-refractivity contribution in [2.75, 3.05) is 0 Å². The van der Waals surface area contributed by atoms with Crippen LogP contribution in [0.15, 0.2) is 12.1 Å². The van der Waals surface area contributed by atoms with Gasteiger partial charge in [-0.15, -0.1) is 0 Å². The molecule has 2 rings (SSSR count). The Bertz CT molecular complexity index is 490. The second-order valence-corrected chi connectivity index (χ2v) is 6.81. The summed E-state index contributed by atoms with van der Waals surface area (Å²) in [6, 6.07) is 3.84. The fourth-order valence-electron chi connectivity index (χ4n) is 2.93. The lowest BCUT2D eigenvalue weighted by Crippen LogP contribution is -2.34. The quantitative estimate of drug-likeness (QED) is 0.737. The molecule has 3 heteroatoms. The van der Waals surface area contributed by atoms with Crippen LogP contribution in [0.1, 0.15) is 57.2 Å². The first kappa shape index (κ1) is 14.3. The Morgan fingerprint density at radius 1 is 1.00 bits per heavy atom. The Morgan fingerprint density at radius 2 is 1.47 bits per heavy atom. The van der Waals surface area contributed by atoms with Crippen molar-refractivity contribution in [3.8, 4) is 5.75 Å². The van der Waals surface area contributed by atoms with Gasteiger partial charge < -0.3 is 4.74 Å². The van der Waals surface area contributed by atoms with Gasteiger partial charge in [0.1, 0.15) is 5.75 Å². The van der Waals surface area contributed by atoms with Crippen LogP contribution in [0.4, 0.5) is 8.78 Å². The van der Waals surface area contributed by atoms with Crippen molar-refractivity contribution in [2.24, 2.45) is 0 Å². The average molecular weight is 268 g/mol. The van der Waals surface area contributed by atoms with E-state index in [-0.39, 0.29) is 10.8 Å². The zero-order chi connectivity index (χ0) is 14.4. The van der Waals surface area contributed by atoms with Gasteiger partial charge in [0, 0.05) is 0 Å². The van der Waals surface area contributed by atoms with E-state index in [9.17, 15) is 8.78 Å². The van der Waals surface area contributed by atoms with E-state index in [0.29, 0.717) is 5.75 Å². The van der Waals surface area contributed by atoms with Crippen molar-refractivity contribution in [3.63, 3.8) is 0 Å². The molecule has 0 radical (unpaired) electrons. The monoisotopic (exact) mass is 268 g/mol. The van der Waals surface area contributed by atoms with E-state index in [2.05, 4.69) is 32.4 Å². The summed E-state index contributed by atoms with van der Waals surface area (Å²) in [5.74, 6) is 0.305. The molecular formula is C16H22F2O. The maximum atomic E-state index is 12.5. The number of benzene rings is 1. The molecule has 19 heavy (non-hydrogen) atoms. The molecule has 0 saturated carbocycles. The van der Waals surface area contributed by atoms with E-state index in [0.717, 1.165) is 24.0 Å². The molecule has 0 fully saturated rings. The van der Waals surface area contributed by atoms with Gasteiger partial charge in [-0.25, -0.2) is 0 Å². The Hall–Kier alpha value is -1.12. The number of fused-ring (bicyclic) bond motifs is 1. The van der Waals surface area contributed by atoms with Gasteiger partial charge in [0.25, 0.3) is 0 Å². The van der Waals surface area contributed by atoms with Crippen LogP contribution in [0.3, 0.4) is 0 Å². The van der Waals surface area contributed by atoms with Gasteiger partial charge in [-0.2, -0.15) is 8.78 Å². The summed E-state index contributed by atoms with van der Waals surface area (Å²) in [6.45, 7) is 7.83. The molecule has 1 aliphatic rings. The number of hydrogen-bond donors (Lipinski definition) is 0. The zero-order valence-corrected chi connectivity index (χ0v) is 12.3. The molecule has 0 aromatic heterocycles. The minimum absolute atomic E-state index is 0.0127. The molecule has 0 bridgehead atoms. The first-order valence-electron chi connectivity index (χ1n) is 6.74. The van der Waals surface area contributed by atoms with E-state index in [1.807, 2.05) is 19.1 Å². The topological polar surface area (TPSA) is 9.23 Å². The minimum atomic E-state index is -2.77. The number of aryl methyl sites for hydroxylation is 1. The predicted octanol–water partition coefficient (Wildman–Crippen LogP) is 4.95. The van der Waals surface area contributed by atoms with Crippen LogP contribution in [-0.4, -0.2) is 6.61 Å². The van der Waals surface area contributed by atoms with Gasteiger partial charge >= 0.3 is 6.61 Å². The standard InChI is InChI=1S/C16H22F2O/c1-10-8-11-12(9-13(10)19-14(17)18)16(4,5)7-6-15(11,2)3/h8-9,14H,6-7H2,1-5H3. The largest absolute Gasteiger partial charge is 0.435 e. The van der Waals surface area contributed by atoms with E-state index in [1.165, 1.54) is 5.56 Å². The molecule has 0 aliphatic heterocycles. The van der Waals surface area contributed by atoms with Crippen LogP contribution in [0.2, 0.25) is 0 Å². The van der Waals surface area contributed by atoms with Crippen molar-refractivity contribution in [1.82, 2.24) is 0 Å². The molecule has 0 atom stereocenters. The molecule has 1 aromatic rings. The summed E-state index contributed by atoms with van der Waals surface area (Å²) in [6.07, 6.45) is 2.17. The van der Waals surface area contributed by atoms with Gasteiger partial charge in [-0.1, -0.05) is 33.8 Å². The minimum Gasteiger partial charge on any atom is -0.435 e. The highest BCUT2D eigenvalue weighted by Crippen LogP contribution is 2.47. The van der Waals surface area contributed by atoms with Gasteiger partial charge in [0.05, 0.1) is 0 Å². The molecule has 106 valence electrons. The van der Waals surface area contributed by atoms with Crippen LogP contribution < -0.4 is 4.74 Å². The second-order valence-electron chi connectivity index (χ2n) is 6.81. The number of halogens is 2. The zero-order valence-electron chi connectivity index (χ0n) is 12.3. The van der Waals surface area contributed by atoms with Crippen LogP contribution >= 0.6 is 0 Å². The first-order chi connectivity index (χ1) is 8.63. The molecule has 0 N–H and O–H groups in total. The summed E-state index contributed by atoms with van der Waals surface area (Å²) in [4.78, 5) is 0. The molecule has 0 unspecified atom stereocenters. The summed E-state index contributed by atoms with van der Waals surface area (Å²) in [5.41, 5.74) is 3.30. The molecule has 0 heterocycles. The summed E-state index contributed by atoms with van der Waals surface area (Å²) < 4.78 is 29.5. The molecule has 0 amide bonds. The van der Waals surface area contributed by atoms with Gasteiger partial charge in [-0.05, 0) is 53.4 Å². The van der Waals surface area contributed by atoms with E-state index < -0.39 is 6.61 Å². The lowest BCUT2D eigenvalue weighted by atomic mass is 9.63. The van der Waals surface area contributed by atoms with Crippen LogP contribution in [0.5, 0.6) is 5.75 Å². The van der Waals surface area contributed by atoms with Gasteiger partial charge in [0.2, 0.25) is 0 Å². The molecule has 1 aliphatic carbocycles. The average Bonchev–Trinajstić information content (AvgIpc) is 2.26. The number of ether oxygens (including phenoxy) is 1. The lowest BCUT2D eigenvalue weighted by molar-refractivity contribution is -0.0504. The molecule has 1 nitrogen and oxygen atoms in total. The maximum absolute atomic E-state index is 12.5. The van der Waals surface area contributed by atoms with Crippen molar-refractivity contribution >= 4 is 0 Å². The highest BCUT2D eigenvalue weighted by atomic mass is 19.3. The molecule has 0 saturated heterocycles. The fourth-order valence-corrected chi connectivity index (χ4v) is 2.93. The third-order valence-corrected chi connectivity index (χ3v) is 4.36. The summed E-state index contributed by atoms with van der Waals surface area (Å²) in [7, 11) is 0.